The second-order valence-electron chi connectivity index (χ2n) is 5.74. The Morgan fingerprint density at radius 1 is 1.14 bits per heavy atom. The maximum atomic E-state index is 12.9. The van der Waals surface area contributed by atoms with Crippen LogP contribution in [-0.4, -0.2) is 33.5 Å². The lowest BCUT2D eigenvalue weighted by atomic mass is 10.3. The number of carbonyl (C=O) groups is 1. The van der Waals surface area contributed by atoms with E-state index >= 15 is 0 Å². The van der Waals surface area contributed by atoms with Crippen LogP contribution < -0.4 is 14.8 Å². The van der Waals surface area contributed by atoms with Gasteiger partial charge in [-0.25, -0.2) is 4.39 Å². The number of rotatable bonds is 8. The summed E-state index contributed by atoms with van der Waals surface area (Å²) in [6, 6.07) is 12.9. The highest BCUT2D eigenvalue weighted by atomic mass is 32.2. The summed E-state index contributed by atoms with van der Waals surface area (Å²) in [6.45, 7) is 0.214. The van der Waals surface area contributed by atoms with Crippen LogP contribution in [0.5, 0.6) is 11.5 Å². The fraction of sp³-hybridized carbons (Fsp3) is 0.211. The molecule has 3 rings (SSSR count). The molecule has 2 aromatic carbocycles. The average molecular weight is 402 g/mol. The molecule has 0 aliphatic heterocycles. The SMILES string of the molecule is COc1ccccc1OCc1nnc(SCC(=O)Nc2ccc(F)cc2)n1C. The molecule has 0 aliphatic carbocycles. The van der Waals surface area contributed by atoms with Crippen LogP contribution in [0.4, 0.5) is 10.1 Å². The zero-order valence-corrected chi connectivity index (χ0v) is 16.2. The van der Waals surface area contributed by atoms with Gasteiger partial charge < -0.3 is 19.4 Å². The molecule has 0 radical (unpaired) electrons. The first-order valence-corrected chi connectivity index (χ1v) is 9.37. The van der Waals surface area contributed by atoms with Crippen molar-refractivity contribution in [3.8, 4) is 11.5 Å². The minimum atomic E-state index is -0.352. The van der Waals surface area contributed by atoms with Gasteiger partial charge in [0.2, 0.25) is 5.91 Å². The Morgan fingerprint density at radius 2 is 1.86 bits per heavy atom. The number of halogens is 1. The van der Waals surface area contributed by atoms with E-state index < -0.39 is 0 Å². The molecule has 3 aromatic rings. The number of carbonyl (C=O) groups excluding carboxylic acids is 1. The number of nitrogens with one attached hydrogen (secondary N) is 1. The first kappa shape index (κ1) is 19.7. The van der Waals surface area contributed by atoms with Crippen molar-refractivity contribution >= 4 is 23.4 Å². The zero-order valence-electron chi connectivity index (χ0n) is 15.4. The minimum Gasteiger partial charge on any atom is -0.493 e. The lowest BCUT2D eigenvalue weighted by Gasteiger charge is -2.10. The summed E-state index contributed by atoms with van der Waals surface area (Å²) < 4.78 is 25.7. The fourth-order valence-electron chi connectivity index (χ4n) is 2.34. The Balaban J connectivity index is 1.54. The average Bonchev–Trinajstić information content (AvgIpc) is 3.06. The molecule has 0 bridgehead atoms. The maximum absolute atomic E-state index is 12.9. The summed E-state index contributed by atoms with van der Waals surface area (Å²) in [5.74, 6) is 1.45. The number of nitrogens with zero attached hydrogens (tertiary/aromatic N) is 3. The van der Waals surface area contributed by atoms with E-state index in [9.17, 15) is 9.18 Å². The predicted molar refractivity (Wildman–Crippen MR) is 104 cm³/mol. The van der Waals surface area contributed by atoms with Crippen LogP contribution in [0.15, 0.2) is 53.7 Å². The third-order valence-corrected chi connectivity index (χ3v) is 4.83. The highest BCUT2D eigenvalue weighted by Gasteiger charge is 2.13. The molecular formula is C19H19FN4O3S. The van der Waals surface area contributed by atoms with Crippen molar-refractivity contribution in [3.63, 3.8) is 0 Å². The monoisotopic (exact) mass is 402 g/mol. The Bertz CT molecular complexity index is 947. The van der Waals surface area contributed by atoms with Gasteiger partial charge in [-0.15, -0.1) is 10.2 Å². The van der Waals surface area contributed by atoms with E-state index in [-0.39, 0.29) is 24.1 Å². The van der Waals surface area contributed by atoms with E-state index in [2.05, 4.69) is 15.5 Å². The molecule has 7 nitrogen and oxygen atoms in total. The van der Waals surface area contributed by atoms with Crippen LogP contribution in [0.25, 0.3) is 0 Å². The quantitative estimate of drug-likeness (QED) is 0.583. The Kier molecular flexibility index (Phi) is 6.49. The van der Waals surface area contributed by atoms with E-state index in [1.807, 2.05) is 24.3 Å². The molecule has 1 heterocycles. The molecule has 0 spiro atoms. The molecule has 28 heavy (non-hydrogen) atoms. The van der Waals surface area contributed by atoms with E-state index in [0.717, 1.165) is 0 Å². The molecule has 1 amide bonds. The van der Waals surface area contributed by atoms with Gasteiger partial charge in [0.05, 0.1) is 12.9 Å². The van der Waals surface area contributed by atoms with Crippen LogP contribution >= 0.6 is 11.8 Å². The van der Waals surface area contributed by atoms with Gasteiger partial charge in [-0.05, 0) is 36.4 Å². The van der Waals surface area contributed by atoms with Gasteiger partial charge in [0.15, 0.2) is 22.5 Å². The number of anilines is 1. The number of hydrogen-bond acceptors (Lipinski definition) is 6. The molecule has 9 heteroatoms. The van der Waals surface area contributed by atoms with Crippen LogP contribution in [-0.2, 0) is 18.4 Å². The number of ether oxygens (including phenoxy) is 2. The van der Waals surface area contributed by atoms with Crippen LogP contribution in [0, 0.1) is 5.82 Å². The molecule has 0 fully saturated rings. The lowest BCUT2D eigenvalue weighted by Crippen LogP contribution is -2.14. The molecule has 1 aromatic heterocycles. The third kappa shape index (κ3) is 5.01. The second-order valence-corrected chi connectivity index (χ2v) is 6.68. The van der Waals surface area contributed by atoms with Crippen LogP contribution in [0.1, 0.15) is 5.82 Å². The predicted octanol–water partition coefficient (Wildman–Crippen LogP) is 3.27. The summed E-state index contributed by atoms with van der Waals surface area (Å²) in [5, 5.41) is 11.5. The number of benzene rings is 2. The molecule has 146 valence electrons. The number of hydrogen-bond donors (Lipinski definition) is 1. The number of para-hydroxylation sites is 2. The van der Waals surface area contributed by atoms with Crippen LogP contribution in [0.3, 0.4) is 0 Å². The number of thioether (sulfide) groups is 1. The number of aromatic nitrogens is 3. The number of amides is 1. The van der Waals surface area contributed by atoms with Gasteiger partial charge >= 0.3 is 0 Å². The van der Waals surface area contributed by atoms with Crippen molar-refractivity contribution in [2.75, 3.05) is 18.2 Å². The molecule has 0 aliphatic rings. The van der Waals surface area contributed by atoms with Gasteiger partial charge in [-0.2, -0.15) is 0 Å². The molecule has 0 unspecified atom stereocenters. The van der Waals surface area contributed by atoms with Crippen molar-refractivity contribution < 1.29 is 18.7 Å². The zero-order chi connectivity index (χ0) is 19.9. The van der Waals surface area contributed by atoms with Gasteiger partial charge in [0.25, 0.3) is 0 Å². The summed E-state index contributed by atoms with van der Waals surface area (Å²) in [5.41, 5.74) is 0.538. The summed E-state index contributed by atoms with van der Waals surface area (Å²) in [4.78, 5) is 12.0. The topological polar surface area (TPSA) is 78.3 Å². The maximum Gasteiger partial charge on any atom is 0.234 e. The molecule has 0 saturated heterocycles. The second kappa shape index (κ2) is 9.23. The standard InChI is InChI=1S/C19H19FN4O3S/c1-24-17(11-27-16-6-4-3-5-15(16)26-2)22-23-19(24)28-12-18(25)21-14-9-7-13(20)8-10-14/h3-10H,11-12H2,1-2H3,(H,21,25). The van der Waals surface area contributed by atoms with Crippen molar-refractivity contribution in [2.45, 2.75) is 11.8 Å². The fourth-order valence-corrected chi connectivity index (χ4v) is 3.07. The van der Waals surface area contributed by atoms with Crippen molar-refractivity contribution in [2.24, 2.45) is 7.05 Å². The van der Waals surface area contributed by atoms with Gasteiger partial charge in [0, 0.05) is 12.7 Å². The van der Waals surface area contributed by atoms with Gasteiger partial charge in [-0.1, -0.05) is 23.9 Å². The van der Waals surface area contributed by atoms with E-state index in [0.29, 0.717) is 28.2 Å². The molecule has 0 atom stereocenters. The Labute approximate surface area is 165 Å². The third-order valence-electron chi connectivity index (χ3n) is 3.81. The largest absolute Gasteiger partial charge is 0.493 e. The van der Waals surface area contributed by atoms with Crippen molar-refractivity contribution in [3.05, 3.63) is 60.2 Å². The minimum absolute atomic E-state index is 0.150. The van der Waals surface area contributed by atoms with Gasteiger partial charge in [-0.3, -0.25) is 4.79 Å². The Morgan fingerprint density at radius 3 is 2.57 bits per heavy atom. The first-order valence-electron chi connectivity index (χ1n) is 8.39. The number of methoxy groups -OCH3 is 1. The lowest BCUT2D eigenvalue weighted by molar-refractivity contribution is -0.113. The normalized spacial score (nSPS) is 10.5. The smallest absolute Gasteiger partial charge is 0.234 e. The molecule has 0 saturated carbocycles. The first-order chi connectivity index (χ1) is 13.6. The highest BCUT2D eigenvalue weighted by Crippen LogP contribution is 2.26. The van der Waals surface area contributed by atoms with E-state index in [1.54, 1.807) is 18.7 Å². The summed E-state index contributed by atoms with van der Waals surface area (Å²) in [7, 11) is 3.39. The van der Waals surface area contributed by atoms with Crippen LogP contribution in [0.2, 0.25) is 0 Å². The Hall–Kier alpha value is -3.07. The van der Waals surface area contributed by atoms with E-state index in [1.165, 1.54) is 36.0 Å². The highest BCUT2D eigenvalue weighted by molar-refractivity contribution is 7.99. The summed E-state index contributed by atoms with van der Waals surface area (Å²) >= 11 is 1.25. The summed E-state index contributed by atoms with van der Waals surface area (Å²) in [6.07, 6.45) is 0. The molecule has 1 N–H and O–H groups in total. The molecular weight excluding hydrogens is 383 g/mol. The van der Waals surface area contributed by atoms with Crippen molar-refractivity contribution in [1.82, 2.24) is 14.8 Å². The van der Waals surface area contributed by atoms with E-state index in [4.69, 9.17) is 9.47 Å². The van der Waals surface area contributed by atoms with Gasteiger partial charge in [0.1, 0.15) is 12.4 Å². The van der Waals surface area contributed by atoms with Crippen molar-refractivity contribution in [1.29, 1.82) is 0 Å².